The van der Waals surface area contributed by atoms with Crippen molar-refractivity contribution in [2.24, 2.45) is 0 Å². The maximum absolute atomic E-state index is 11.3. The predicted molar refractivity (Wildman–Crippen MR) is 48.5 cm³/mol. The minimum absolute atomic E-state index is 0. The summed E-state index contributed by atoms with van der Waals surface area (Å²) in [4.78, 5) is 37.5. The van der Waals surface area contributed by atoms with Crippen molar-refractivity contribution in [1.82, 2.24) is 0 Å². The number of hydrogen-bond acceptors (Lipinski definition) is 6. The van der Waals surface area contributed by atoms with Crippen molar-refractivity contribution in [2.45, 2.75) is 31.9 Å². The molecule has 149 valence electrons. The molecule has 25 heavy (non-hydrogen) atoms. The summed E-state index contributed by atoms with van der Waals surface area (Å²) in [5.41, 5.74) is 0. The smallest absolute Gasteiger partial charge is 0.542 e. The molecule has 6 nitrogen and oxygen atoms in total. The Balaban J connectivity index is -0.000000133. The first-order valence-corrected chi connectivity index (χ1v) is 4.88. The van der Waals surface area contributed by atoms with Gasteiger partial charge in [0.25, 0.3) is 0 Å². The van der Waals surface area contributed by atoms with E-state index in [0.29, 0.717) is 0 Å². The minimum Gasteiger partial charge on any atom is -0.542 e. The monoisotopic (exact) mass is 439 g/mol. The molecule has 0 amide bonds. The average Bonchev–Trinajstić information content (AvgIpc) is 2.25. The average molecular weight is 439 g/mol. The van der Waals surface area contributed by atoms with Gasteiger partial charge >= 0.3 is 35.3 Å². The minimum atomic E-state index is -5.19. The van der Waals surface area contributed by atoms with Crippen LogP contribution >= 0.6 is 0 Å². The second-order valence-corrected chi connectivity index (χ2v) is 3.37. The molecule has 16 heteroatoms. The fourth-order valence-electron chi connectivity index (χ4n) is 0.326. The maximum Gasteiger partial charge on any atom is 2.00 e. The van der Waals surface area contributed by atoms with Gasteiger partial charge in [-0.2, -0.15) is 39.5 Å². The van der Waals surface area contributed by atoms with Crippen LogP contribution in [-0.4, -0.2) is 42.0 Å². The van der Waals surface area contributed by atoms with Crippen LogP contribution in [0, 0.1) is 0 Å². The molecule has 0 aromatic heterocycles. The van der Waals surface area contributed by atoms with Gasteiger partial charge in [-0.25, -0.2) is 0 Å². The van der Waals surface area contributed by atoms with Crippen molar-refractivity contribution in [3.05, 3.63) is 0 Å². The Labute approximate surface area is 142 Å². The first-order valence-electron chi connectivity index (χ1n) is 4.88. The van der Waals surface area contributed by atoms with Gasteiger partial charge in [0.15, 0.2) is 0 Å². The Hall–Kier alpha value is -1.84. The molecule has 0 rings (SSSR count). The molecule has 0 fully saturated rings. The number of hydrogen-bond donors (Lipinski definition) is 0. The van der Waals surface area contributed by atoms with Gasteiger partial charge in [-0.15, -0.1) is 0 Å². The third-order valence-electron chi connectivity index (χ3n) is 1.19. The summed E-state index contributed by atoms with van der Waals surface area (Å²) in [5, 5.41) is 17.6. The number of Topliss-reactive ketones (excluding diaryl/α,β-unsaturated/α-hetero) is 2. The zero-order valence-electron chi connectivity index (χ0n) is 11.4. The molecule has 1 radical (unpaired) electrons. The summed E-state index contributed by atoms with van der Waals surface area (Å²) in [6.45, 7) is 0.934. The van der Waals surface area contributed by atoms with Crippen LogP contribution in [0.5, 0.6) is 0 Å². The topological polar surface area (TPSA) is 114 Å². The van der Waals surface area contributed by atoms with Gasteiger partial charge in [0.1, 0.15) is 17.7 Å². The SMILES string of the molecule is CC(=O)CC(=O)C(F)(F)F.O=C([O-])C(F)(F)F.O=C([O-])C(F)(F)F.[Co+2]. The van der Waals surface area contributed by atoms with Crippen LogP contribution in [0.3, 0.4) is 0 Å². The predicted octanol–water partition coefficient (Wildman–Crippen LogP) is -0.308. The molecular formula is C9H5CoF9O6. The van der Waals surface area contributed by atoms with Gasteiger partial charge in [-0.3, -0.25) is 9.59 Å². The van der Waals surface area contributed by atoms with Gasteiger partial charge in [0.2, 0.25) is 5.78 Å². The number of rotatable bonds is 2. The molecule has 0 aromatic carbocycles. The fourth-order valence-corrected chi connectivity index (χ4v) is 0.326. The van der Waals surface area contributed by atoms with Gasteiger partial charge < -0.3 is 19.8 Å². The number of carbonyl (C=O) groups is 4. The molecular weight excluding hydrogens is 434 g/mol. The number of halogens is 9. The molecule has 0 aliphatic carbocycles. The zero-order chi connectivity index (χ0) is 20.5. The van der Waals surface area contributed by atoms with Crippen molar-refractivity contribution in [3.8, 4) is 0 Å². The Morgan fingerprint density at radius 2 is 0.880 bits per heavy atom. The van der Waals surface area contributed by atoms with Gasteiger partial charge in [-0.1, -0.05) is 0 Å². The Morgan fingerprint density at radius 1 is 0.680 bits per heavy atom. The van der Waals surface area contributed by atoms with E-state index >= 15 is 0 Å². The molecule has 0 aliphatic rings. The molecule has 0 unspecified atom stereocenters. The Kier molecular flexibility index (Phi) is 14.5. The van der Waals surface area contributed by atoms with Crippen molar-refractivity contribution < 1.29 is 85.7 Å². The molecule has 0 atom stereocenters. The van der Waals surface area contributed by atoms with Gasteiger partial charge in [0, 0.05) is 0 Å². The number of carboxylic acids is 2. The molecule has 0 saturated heterocycles. The van der Waals surface area contributed by atoms with E-state index in [1.54, 1.807) is 0 Å². The van der Waals surface area contributed by atoms with Crippen LogP contribution in [0.25, 0.3) is 0 Å². The van der Waals surface area contributed by atoms with E-state index in [-0.39, 0.29) is 16.8 Å². The number of ketones is 2. The van der Waals surface area contributed by atoms with E-state index in [4.69, 9.17) is 19.8 Å². The largest absolute Gasteiger partial charge is 2.00 e. The quantitative estimate of drug-likeness (QED) is 0.431. The van der Waals surface area contributed by atoms with Crippen molar-refractivity contribution >= 4 is 23.5 Å². The third kappa shape index (κ3) is 22.2. The van der Waals surface area contributed by atoms with E-state index in [0.717, 1.165) is 6.92 Å². The Bertz CT molecular complexity index is 442. The summed E-state index contributed by atoms with van der Waals surface area (Å²) < 4.78 is 97.0. The zero-order valence-corrected chi connectivity index (χ0v) is 12.4. The van der Waals surface area contributed by atoms with E-state index < -0.39 is 48.5 Å². The van der Waals surface area contributed by atoms with Crippen molar-refractivity contribution in [2.75, 3.05) is 0 Å². The summed E-state index contributed by atoms with van der Waals surface area (Å²) in [6.07, 6.45) is -16.3. The first-order chi connectivity index (χ1) is 10.2. The summed E-state index contributed by atoms with van der Waals surface area (Å²) in [6, 6.07) is 0. The molecule has 0 aliphatic heterocycles. The van der Waals surface area contributed by atoms with Gasteiger partial charge in [0.05, 0.1) is 6.42 Å². The first kappa shape index (κ1) is 31.0. The summed E-state index contributed by atoms with van der Waals surface area (Å²) in [5.74, 6) is -8.78. The number of carbonyl (C=O) groups excluding carboxylic acids is 4. The molecule has 0 N–H and O–H groups in total. The summed E-state index contributed by atoms with van der Waals surface area (Å²) in [7, 11) is 0. The van der Waals surface area contributed by atoms with Crippen LogP contribution in [0.4, 0.5) is 39.5 Å². The number of carboxylic acid groups (broad SMARTS) is 2. The third-order valence-corrected chi connectivity index (χ3v) is 1.19. The van der Waals surface area contributed by atoms with Crippen LogP contribution in [0.15, 0.2) is 0 Å². The molecule has 0 heterocycles. The van der Waals surface area contributed by atoms with E-state index in [1.807, 2.05) is 0 Å². The second kappa shape index (κ2) is 11.7. The normalized spacial score (nSPS) is 10.8. The number of alkyl halides is 9. The van der Waals surface area contributed by atoms with Crippen molar-refractivity contribution in [1.29, 1.82) is 0 Å². The standard InChI is InChI=1S/C5H5F3O2.2C2HF3O2.Co/c1-3(9)2-4(10)5(6,7)8;2*3-2(4,5)1(6)7;/h2H2,1H3;2*(H,6,7);/q;;;+2/p-2. The fraction of sp³-hybridized carbons (Fsp3) is 0.556. The van der Waals surface area contributed by atoms with Crippen LogP contribution in [-0.2, 0) is 36.0 Å². The Morgan fingerprint density at radius 3 is 0.920 bits per heavy atom. The van der Waals surface area contributed by atoms with Crippen LogP contribution in [0.1, 0.15) is 13.3 Å². The summed E-state index contributed by atoms with van der Waals surface area (Å²) >= 11 is 0. The maximum atomic E-state index is 11.3. The molecule has 0 aromatic rings. The van der Waals surface area contributed by atoms with Crippen LogP contribution in [0.2, 0.25) is 0 Å². The molecule has 0 bridgehead atoms. The van der Waals surface area contributed by atoms with E-state index in [2.05, 4.69) is 0 Å². The van der Waals surface area contributed by atoms with Gasteiger partial charge in [-0.05, 0) is 6.92 Å². The van der Waals surface area contributed by atoms with E-state index in [1.165, 1.54) is 0 Å². The molecule has 0 saturated carbocycles. The van der Waals surface area contributed by atoms with Crippen molar-refractivity contribution in [3.63, 3.8) is 0 Å². The molecule has 0 spiro atoms. The van der Waals surface area contributed by atoms with Crippen LogP contribution < -0.4 is 10.2 Å². The second-order valence-electron chi connectivity index (χ2n) is 3.37. The van der Waals surface area contributed by atoms with E-state index in [9.17, 15) is 49.1 Å². The number of aliphatic carboxylic acids is 2.